The Morgan fingerprint density at radius 3 is 2.32 bits per heavy atom. The minimum absolute atomic E-state index is 0.389. The van der Waals surface area contributed by atoms with E-state index in [1.807, 2.05) is 20.2 Å². The van der Waals surface area contributed by atoms with Gasteiger partial charge in [0, 0.05) is 17.9 Å². The highest BCUT2D eigenvalue weighted by Crippen LogP contribution is 2.34. The van der Waals surface area contributed by atoms with Gasteiger partial charge in [-0.2, -0.15) is 0 Å². The summed E-state index contributed by atoms with van der Waals surface area (Å²) in [6.45, 7) is 2.03. The van der Waals surface area contributed by atoms with E-state index in [-0.39, 0.29) is 0 Å². The lowest BCUT2D eigenvalue weighted by Crippen LogP contribution is -2.25. The lowest BCUT2D eigenvalue weighted by molar-refractivity contribution is 0.396. The Kier molecular flexibility index (Phi) is 3.34. The van der Waals surface area contributed by atoms with E-state index in [9.17, 15) is 0 Å². The highest BCUT2D eigenvalue weighted by Gasteiger charge is 2.28. The van der Waals surface area contributed by atoms with Crippen LogP contribution in [0.4, 0.5) is 0 Å². The first kappa shape index (κ1) is 12.4. The van der Waals surface area contributed by atoms with Gasteiger partial charge in [-0.15, -0.1) is 0 Å². The molecule has 1 N–H and O–H groups in total. The molecule has 1 aliphatic carbocycles. The summed E-state index contributed by atoms with van der Waals surface area (Å²) in [6, 6.07) is 13.5. The average molecular weight is 252 g/mol. The Balaban J connectivity index is 1.83. The fourth-order valence-corrected chi connectivity index (χ4v) is 3.17. The van der Waals surface area contributed by atoms with Gasteiger partial charge in [-0.1, -0.05) is 30.3 Å². The molecule has 1 aliphatic rings. The van der Waals surface area contributed by atoms with Crippen molar-refractivity contribution in [1.29, 1.82) is 0 Å². The van der Waals surface area contributed by atoms with E-state index < -0.39 is 0 Å². The zero-order valence-electron chi connectivity index (χ0n) is 11.6. The quantitative estimate of drug-likeness (QED) is 0.908. The normalized spacial score (nSPS) is 16.3. The molecule has 0 aliphatic heterocycles. The Morgan fingerprint density at radius 2 is 1.79 bits per heavy atom. The predicted octanol–water partition coefficient (Wildman–Crippen LogP) is 3.07. The molecule has 0 spiro atoms. The maximum atomic E-state index is 4.43. The van der Waals surface area contributed by atoms with E-state index >= 15 is 0 Å². The van der Waals surface area contributed by atoms with Gasteiger partial charge in [0.15, 0.2) is 0 Å². The largest absolute Gasteiger partial charge is 0.313 e. The first-order valence-corrected chi connectivity index (χ1v) is 6.94. The number of hydrogen-bond acceptors (Lipinski definition) is 2. The molecule has 1 unspecified atom stereocenters. The van der Waals surface area contributed by atoms with E-state index in [4.69, 9.17) is 0 Å². The number of aryl methyl sites for hydroxylation is 1. The van der Waals surface area contributed by atoms with E-state index in [0.29, 0.717) is 12.0 Å². The zero-order chi connectivity index (χ0) is 13.2. The number of hydrogen-bond donors (Lipinski definition) is 1. The summed E-state index contributed by atoms with van der Waals surface area (Å²) in [4.78, 5) is 4.43. The summed E-state index contributed by atoms with van der Waals surface area (Å²) >= 11 is 0. The van der Waals surface area contributed by atoms with E-state index in [0.717, 1.165) is 18.5 Å². The van der Waals surface area contributed by atoms with E-state index in [1.54, 1.807) is 0 Å². The fraction of sp³-hybridized carbons (Fsp3) is 0.353. The van der Waals surface area contributed by atoms with Crippen molar-refractivity contribution in [2.45, 2.75) is 25.8 Å². The summed E-state index contributed by atoms with van der Waals surface area (Å²) in [6.07, 6.45) is 4.34. The molecule has 0 bridgehead atoms. The fourth-order valence-electron chi connectivity index (χ4n) is 3.17. The van der Waals surface area contributed by atoms with Crippen molar-refractivity contribution >= 4 is 0 Å². The molecule has 0 saturated heterocycles. The smallest absolute Gasteiger partial charge is 0.0372 e. The van der Waals surface area contributed by atoms with Crippen LogP contribution in [-0.4, -0.2) is 12.0 Å². The van der Waals surface area contributed by atoms with Crippen molar-refractivity contribution in [3.8, 4) is 0 Å². The Labute approximate surface area is 114 Å². The Bertz CT molecular complexity index is 535. The van der Waals surface area contributed by atoms with Gasteiger partial charge < -0.3 is 5.32 Å². The topological polar surface area (TPSA) is 24.9 Å². The molecule has 2 heteroatoms. The van der Waals surface area contributed by atoms with Crippen molar-refractivity contribution < 1.29 is 0 Å². The molecule has 2 nitrogen and oxygen atoms in total. The third-order valence-electron chi connectivity index (χ3n) is 4.16. The Hall–Kier alpha value is -1.67. The summed E-state index contributed by atoms with van der Waals surface area (Å²) in [5, 5.41) is 3.47. The van der Waals surface area contributed by atoms with E-state index in [1.165, 1.54) is 16.7 Å². The molecule has 0 radical (unpaired) electrons. The van der Waals surface area contributed by atoms with Crippen LogP contribution in [0.1, 0.15) is 28.4 Å². The number of nitrogens with one attached hydrogen (secondary N) is 1. The summed E-state index contributed by atoms with van der Waals surface area (Å²) in [7, 11) is 2.05. The number of fused-ring (bicyclic) bond motifs is 1. The standard InChI is InChI=1S/C17H20N2/c1-12-7-8-15(11-19-12)17(18-2)16-9-13-5-3-4-6-14(13)10-16/h3-8,11,16-18H,9-10H2,1-2H3. The van der Waals surface area contributed by atoms with Crippen LogP contribution in [0.25, 0.3) is 0 Å². The predicted molar refractivity (Wildman–Crippen MR) is 78.1 cm³/mol. The van der Waals surface area contributed by atoms with Crippen molar-refractivity contribution in [1.82, 2.24) is 10.3 Å². The van der Waals surface area contributed by atoms with Gasteiger partial charge in [-0.05, 0) is 55.5 Å². The molecule has 1 aromatic heterocycles. The van der Waals surface area contributed by atoms with Crippen LogP contribution < -0.4 is 5.32 Å². The highest BCUT2D eigenvalue weighted by atomic mass is 14.9. The SMILES string of the molecule is CNC(c1ccc(C)nc1)C1Cc2ccccc2C1. The molecule has 1 atom stereocenters. The van der Waals surface area contributed by atoms with Gasteiger partial charge in [-0.25, -0.2) is 0 Å². The maximum absolute atomic E-state index is 4.43. The van der Waals surface area contributed by atoms with Crippen LogP contribution in [0.2, 0.25) is 0 Å². The van der Waals surface area contributed by atoms with Gasteiger partial charge in [-0.3, -0.25) is 4.98 Å². The van der Waals surface area contributed by atoms with Crippen LogP contribution in [0.3, 0.4) is 0 Å². The van der Waals surface area contributed by atoms with Gasteiger partial charge >= 0.3 is 0 Å². The van der Waals surface area contributed by atoms with Crippen LogP contribution in [0.15, 0.2) is 42.6 Å². The van der Waals surface area contributed by atoms with Crippen molar-refractivity contribution in [3.63, 3.8) is 0 Å². The first-order valence-electron chi connectivity index (χ1n) is 6.94. The molecule has 19 heavy (non-hydrogen) atoms. The third kappa shape index (κ3) is 2.41. The molecule has 1 aromatic carbocycles. The number of rotatable bonds is 3. The van der Waals surface area contributed by atoms with Gasteiger partial charge in [0.25, 0.3) is 0 Å². The number of benzene rings is 1. The molecule has 1 heterocycles. The van der Waals surface area contributed by atoms with Gasteiger partial charge in [0.2, 0.25) is 0 Å². The molecule has 0 fully saturated rings. The molecular formula is C17H20N2. The summed E-state index contributed by atoms with van der Waals surface area (Å²) in [5.74, 6) is 0.631. The molecule has 0 amide bonds. The monoisotopic (exact) mass is 252 g/mol. The zero-order valence-corrected chi connectivity index (χ0v) is 11.6. The second kappa shape index (κ2) is 5.14. The van der Waals surface area contributed by atoms with Gasteiger partial charge in [0.1, 0.15) is 0 Å². The lowest BCUT2D eigenvalue weighted by atomic mass is 9.91. The minimum Gasteiger partial charge on any atom is -0.313 e. The van der Waals surface area contributed by atoms with Crippen LogP contribution in [0, 0.1) is 12.8 Å². The molecule has 98 valence electrons. The molecule has 0 saturated carbocycles. The summed E-state index contributed by atoms with van der Waals surface area (Å²) in [5.41, 5.74) is 5.39. The molecule has 2 aromatic rings. The highest BCUT2D eigenvalue weighted by molar-refractivity contribution is 5.34. The van der Waals surface area contributed by atoms with Crippen LogP contribution >= 0.6 is 0 Å². The number of nitrogens with zero attached hydrogens (tertiary/aromatic N) is 1. The van der Waals surface area contributed by atoms with Crippen molar-refractivity contribution in [3.05, 3.63) is 65.0 Å². The third-order valence-corrected chi connectivity index (χ3v) is 4.16. The van der Waals surface area contributed by atoms with Gasteiger partial charge in [0.05, 0.1) is 0 Å². The summed E-state index contributed by atoms with van der Waals surface area (Å²) < 4.78 is 0. The molecular weight excluding hydrogens is 232 g/mol. The second-order valence-corrected chi connectivity index (χ2v) is 5.44. The van der Waals surface area contributed by atoms with Crippen LogP contribution in [-0.2, 0) is 12.8 Å². The second-order valence-electron chi connectivity index (χ2n) is 5.44. The van der Waals surface area contributed by atoms with E-state index in [2.05, 4.69) is 46.7 Å². The van der Waals surface area contributed by atoms with Crippen molar-refractivity contribution in [2.75, 3.05) is 7.05 Å². The number of pyridine rings is 1. The average Bonchev–Trinajstić information content (AvgIpc) is 2.85. The maximum Gasteiger partial charge on any atom is 0.0372 e. The molecule has 3 rings (SSSR count). The number of aromatic nitrogens is 1. The Morgan fingerprint density at radius 1 is 1.11 bits per heavy atom. The van der Waals surface area contributed by atoms with Crippen LogP contribution in [0.5, 0.6) is 0 Å². The van der Waals surface area contributed by atoms with Crippen molar-refractivity contribution in [2.24, 2.45) is 5.92 Å². The minimum atomic E-state index is 0.389. The lowest BCUT2D eigenvalue weighted by Gasteiger charge is -2.23. The first-order chi connectivity index (χ1) is 9.28.